The van der Waals surface area contributed by atoms with Crippen LogP contribution in [0.4, 0.5) is 0 Å². The van der Waals surface area contributed by atoms with Crippen LogP contribution in [0.2, 0.25) is 0 Å². The molecule has 0 radical (unpaired) electrons. The molecule has 0 saturated carbocycles. The zero-order chi connectivity index (χ0) is 12.9. The summed E-state index contributed by atoms with van der Waals surface area (Å²) in [4.78, 5) is 23.5. The fraction of sp³-hybridized carbons (Fsp3) is 0.833. The highest BCUT2D eigenvalue weighted by atomic mass is 16.2. The topological polar surface area (TPSA) is 70.2 Å². The second kappa shape index (κ2) is 6.00. The third-order valence-electron chi connectivity index (χ3n) is 3.03. The van der Waals surface area contributed by atoms with Gasteiger partial charge in [-0.05, 0) is 40.2 Å². The quantitative estimate of drug-likeness (QED) is 0.635. The van der Waals surface area contributed by atoms with E-state index in [-0.39, 0.29) is 17.9 Å². The van der Waals surface area contributed by atoms with Crippen molar-refractivity contribution in [3.8, 4) is 0 Å². The molecule has 1 fully saturated rings. The number of rotatable bonds is 5. The van der Waals surface area contributed by atoms with Crippen LogP contribution >= 0.6 is 0 Å². The van der Waals surface area contributed by atoms with Gasteiger partial charge in [0.2, 0.25) is 11.8 Å². The molecule has 0 aliphatic carbocycles. The fourth-order valence-electron chi connectivity index (χ4n) is 1.82. The van der Waals surface area contributed by atoms with Crippen molar-refractivity contribution in [2.45, 2.75) is 39.7 Å². The van der Waals surface area contributed by atoms with Crippen molar-refractivity contribution in [2.75, 3.05) is 19.6 Å². The molecule has 1 aliphatic rings. The Morgan fingerprint density at radius 1 is 1.35 bits per heavy atom. The molecule has 0 aromatic carbocycles. The molecule has 1 atom stereocenters. The maximum atomic E-state index is 11.8. The first-order chi connectivity index (χ1) is 7.97. The van der Waals surface area contributed by atoms with Gasteiger partial charge in [0.1, 0.15) is 0 Å². The first-order valence-corrected chi connectivity index (χ1v) is 6.27. The molecule has 1 aliphatic heterocycles. The first kappa shape index (κ1) is 14.0. The van der Waals surface area contributed by atoms with E-state index in [1.165, 1.54) is 0 Å². The smallest absolute Gasteiger partial charge is 0.237 e. The van der Waals surface area contributed by atoms with E-state index >= 15 is 0 Å². The Kier molecular flexibility index (Phi) is 4.93. The third-order valence-corrected chi connectivity index (χ3v) is 3.03. The van der Waals surface area contributed by atoms with Crippen molar-refractivity contribution < 1.29 is 9.59 Å². The zero-order valence-electron chi connectivity index (χ0n) is 10.9. The molecular formula is C12H23N3O2. The van der Waals surface area contributed by atoms with Gasteiger partial charge in [0.25, 0.3) is 0 Å². The van der Waals surface area contributed by atoms with E-state index in [1.807, 2.05) is 20.8 Å². The van der Waals surface area contributed by atoms with E-state index in [9.17, 15) is 9.59 Å². The van der Waals surface area contributed by atoms with Crippen molar-refractivity contribution >= 4 is 11.8 Å². The zero-order valence-corrected chi connectivity index (χ0v) is 10.9. The summed E-state index contributed by atoms with van der Waals surface area (Å²) in [5.41, 5.74) is -0.565. The summed E-state index contributed by atoms with van der Waals surface area (Å²) < 4.78 is 0. The van der Waals surface area contributed by atoms with E-state index < -0.39 is 5.41 Å². The minimum absolute atomic E-state index is 0.000117. The number of carbonyl (C=O) groups excluding carboxylic acids is 2. The van der Waals surface area contributed by atoms with E-state index in [4.69, 9.17) is 0 Å². The highest BCUT2D eigenvalue weighted by Crippen LogP contribution is 2.14. The second-order valence-corrected chi connectivity index (χ2v) is 5.11. The maximum absolute atomic E-state index is 11.8. The molecule has 0 bridgehead atoms. The number of amides is 2. The molecule has 0 aromatic rings. The number of carbonyl (C=O) groups is 2. The SMILES string of the molecule is CCNC(=O)C(C)(C)CNC(=O)C1CCCN1. The molecule has 0 spiro atoms. The largest absolute Gasteiger partial charge is 0.356 e. The van der Waals surface area contributed by atoms with Crippen LogP contribution in [0.3, 0.4) is 0 Å². The van der Waals surface area contributed by atoms with Crippen molar-refractivity contribution in [3.63, 3.8) is 0 Å². The van der Waals surface area contributed by atoms with Crippen LogP contribution < -0.4 is 16.0 Å². The Morgan fingerprint density at radius 2 is 2.06 bits per heavy atom. The van der Waals surface area contributed by atoms with Crippen molar-refractivity contribution in [1.29, 1.82) is 0 Å². The summed E-state index contributed by atoms with van der Waals surface area (Å²) in [7, 11) is 0. The van der Waals surface area contributed by atoms with Gasteiger partial charge in [-0.25, -0.2) is 0 Å². The number of hydrogen-bond donors (Lipinski definition) is 3. The molecule has 98 valence electrons. The Bertz CT molecular complexity index is 283. The van der Waals surface area contributed by atoms with Gasteiger partial charge in [0.05, 0.1) is 11.5 Å². The Morgan fingerprint density at radius 3 is 2.59 bits per heavy atom. The van der Waals surface area contributed by atoms with Gasteiger partial charge >= 0.3 is 0 Å². The Balaban J connectivity index is 2.37. The molecule has 5 heteroatoms. The van der Waals surface area contributed by atoms with Crippen molar-refractivity contribution in [3.05, 3.63) is 0 Å². The maximum Gasteiger partial charge on any atom is 0.237 e. The molecule has 1 unspecified atom stereocenters. The predicted molar refractivity (Wildman–Crippen MR) is 66.5 cm³/mol. The minimum atomic E-state index is -0.565. The van der Waals surface area contributed by atoms with Gasteiger partial charge in [0, 0.05) is 13.1 Å². The Hall–Kier alpha value is -1.10. The average Bonchev–Trinajstić information content (AvgIpc) is 2.79. The van der Waals surface area contributed by atoms with E-state index in [0.29, 0.717) is 13.1 Å². The lowest BCUT2D eigenvalue weighted by Gasteiger charge is -2.24. The second-order valence-electron chi connectivity index (χ2n) is 5.11. The molecule has 1 saturated heterocycles. The average molecular weight is 241 g/mol. The Labute approximate surface area is 103 Å². The lowest BCUT2D eigenvalue weighted by Crippen LogP contribution is -2.48. The summed E-state index contributed by atoms with van der Waals surface area (Å²) >= 11 is 0. The first-order valence-electron chi connectivity index (χ1n) is 6.27. The molecule has 17 heavy (non-hydrogen) atoms. The normalized spacial score (nSPS) is 20.1. The third kappa shape index (κ3) is 4.00. The van der Waals surface area contributed by atoms with Gasteiger partial charge in [-0.2, -0.15) is 0 Å². The standard InChI is InChI=1S/C12H23N3O2/c1-4-13-11(17)12(2,3)8-15-10(16)9-6-5-7-14-9/h9,14H,4-8H2,1-3H3,(H,13,17)(H,15,16). The predicted octanol–water partition coefficient (Wildman–Crippen LogP) is 0.0169. The summed E-state index contributed by atoms with van der Waals surface area (Å²) in [5.74, 6) is -0.0282. The van der Waals surface area contributed by atoms with Crippen molar-refractivity contribution in [1.82, 2.24) is 16.0 Å². The number of nitrogens with one attached hydrogen (secondary N) is 3. The molecule has 2 amide bonds. The molecule has 1 rings (SSSR count). The van der Waals surface area contributed by atoms with Crippen LogP contribution in [-0.4, -0.2) is 37.5 Å². The summed E-state index contributed by atoms with van der Waals surface area (Å²) in [6, 6.07) is -0.0833. The van der Waals surface area contributed by atoms with Gasteiger partial charge in [-0.1, -0.05) is 0 Å². The molecular weight excluding hydrogens is 218 g/mol. The van der Waals surface area contributed by atoms with E-state index in [1.54, 1.807) is 0 Å². The lowest BCUT2D eigenvalue weighted by molar-refractivity contribution is -0.130. The van der Waals surface area contributed by atoms with Gasteiger partial charge < -0.3 is 16.0 Å². The van der Waals surface area contributed by atoms with Gasteiger partial charge in [-0.15, -0.1) is 0 Å². The molecule has 3 N–H and O–H groups in total. The molecule has 5 nitrogen and oxygen atoms in total. The van der Waals surface area contributed by atoms with Crippen molar-refractivity contribution in [2.24, 2.45) is 5.41 Å². The summed E-state index contributed by atoms with van der Waals surface area (Å²) in [6.07, 6.45) is 1.92. The fourth-order valence-corrected chi connectivity index (χ4v) is 1.82. The van der Waals surface area contributed by atoms with Crippen LogP contribution in [0, 0.1) is 5.41 Å². The van der Waals surface area contributed by atoms with Crippen LogP contribution in [0.15, 0.2) is 0 Å². The lowest BCUT2D eigenvalue weighted by atomic mass is 9.92. The van der Waals surface area contributed by atoms with Crippen LogP contribution in [0.25, 0.3) is 0 Å². The van der Waals surface area contributed by atoms with Gasteiger partial charge in [-0.3, -0.25) is 9.59 Å². The van der Waals surface area contributed by atoms with E-state index in [2.05, 4.69) is 16.0 Å². The highest BCUT2D eigenvalue weighted by Gasteiger charge is 2.29. The summed E-state index contributed by atoms with van der Waals surface area (Å²) in [5, 5.41) is 8.75. The highest BCUT2D eigenvalue weighted by molar-refractivity contribution is 5.85. The minimum Gasteiger partial charge on any atom is -0.356 e. The monoisotopic (exact) mass is 241 g/mol. The summed E-state index contributed by atoms with van der Waals surface area (Å²) in [6.45, 7) is 7.43. The van der Waals surface area contributed by atoms with Crippen LogP contribution in [0.5, 0.6) is 0 Å². The van der Waals surface area contributed by atoms with Crippen LogP contribution in [0.1, 0.15) is 33.6 Å². The van der Waals surface area contributed by atoms with E-state index in [0.717, 1.165) is 19.4 Å². The molecule has 0 aromatic heterocycles. The van der Waals surface area contributed by atoms with Gasteiger partial charge in [0.15, 0.2) is 0 Å². The molecule has 1 heterocycles. The van der Waals surface area contributed by atoms with Crippen LogP contribution in [-0.2, 0) is 9.59 Å². The number of hydrogen-bond acceptors (Lipinski definition) is 3.